The highest BCUT2D eigenvalue weighted by atomic mass is 16.4. The van der Waals surface area contributed by atoms with Gasteiger partial charge < -0.3 is 5.11 Å². The maximum Gasteiger partial charge on any atom is 0.417 e. The number of fused-ring (bicyclic) bond motifs is 1. The molecule has 7 heteroatoms. The van der Waals surface area contributed by atoms with Crippen LogP contribution in [-0.2, 0) is 11.3 Å². The van der Waals surface area contributed by atoms with Gasteiger partial charge in [0.2, 0.25) is 6.34 Å². The molecule has 1 unspecified atom stereocenters. The summed E-state index contributed by atoms with van der Waals surface area (Å²) in [5.41, 5.74) is 0.920. The molecule has 1 fully saturated rings. The summed E-state index contributed by atoms with van der Waals surface area (Å²) in [5, 5.41) is 16.6. The van der Waals surface area contributed by atoms with Crippen LogP contribution in [0.25, 0.3) is 0 Å². The van der Waals surface area contributed by atoms with E-state index >= 15 is 0 Å². The standard InChI is InChI=1S/C12H10N4O3/c17-10-6-15(12(18)19)11-14-13-8-16(10,11)7-9-4-2-1-3-5-9/h1-5,8H,6-7H2/p+1. The number of rotatable bonds is 2. The molecule has 0 saturated carbocycles. The Kier molecular flexibility index (Phi) is 2.42. The average molecular weight is 259 g/mol. The molecular weight excluding hydrogens is 248 g/mol. The van der Waals surface area contributed by atoms with Crippen LogP contribution in [0, 0.1) is 0 Å². The minimum atomic E-state index is -1.19. The lowest BCUT2D eigenvalue weighted by Crippen LogP contribution is -2.51. The molecule has 0 bridgehead atoms. The number of hydrogen-bond donors (Lipinski definition) is 1. The number of carboxylic acid groups (broad SMARTS) is 1. The number of nitrogens with zero attached hydrogens (tertiary/aromatic N) is 4. The summed E-state index contributed by atoms with van der Waals surface area (Å²) in [5.74, 6) is -0.0902. The fraction of sp³-hybridized carbons (Fsp3) is 0.167. The van der Waals surface area contributed by atoms with Crippen LogP contribution in [-0.4, -0.2) is 45.3 Å². The van der Waals surface area contributed by atoms with E-state index in [9.17, 15) is 9.59 Å². The first-order chi connectivity index (χ1) is 9.13. The Morgan fingerprint density at radius 2 is 2.11 bits per heavy atom. The summed E-state index contributed by atoms with van der Waals surface area (Å²) >= 11 is 0. The topological polar surface area (TPSA) is 82.3 Å². The zero-order valence-corrected chi connectivity index (χ0v) is 9.93. The average Bonchev–Trinajstić information content (AvgIpc) is 2.90. The van der Waals surface area contributed by atoms with Gasteiger partial charge in [-0.3, -0.25) is 0 Å². The highest BCUT2D eigenvalue weighted by Crippen LogP contribution is 2.26. The number of benzene rings is 1. The van der Waals surface area contributed by atoms with Crippen LogP contribution in [0.5, 0.6) is 0 Å². The highest BCUT2D eigenvalue weighted by molar-refractivity contribution is 6.08. The van der Waals surface area contributed by atoms with E-state index in [0.717, 1.165) is 10.5 Å². The minimum Gasteiger partial charge on any atom is -0.464 e. The van der Waals surface area contributed by atoms with E-state index in [-0.39, 0.29) is 22.9 Å². The smallest absolute Gasteiger partial charge is 0.417 e. The van der Waals surface area contributed by atoms with Crippen molar-refractivity contribution in [3.63, 3.8) is 0 Å². The van der Waals surface area contributed by atoms with Crippen LogP contribution in [0.1, 0.15) is 5.56 Å². The van der Waals surface area contributed by atoms with Gasteiger partial charge >= 0.3 is 18.0 Å². The van der Waals surface area contributed by atoms with Crippen molar-refractivity contribution in [3.05, 3.63) is 35.9 Å². The molecule has 1 atom stereocenters. The number of amides is 2. The third-order valence-corrected chi connectivity index (χ3v) is 3.24. The van der Waals surface area contributed by atoms with Crippen LogP contribution in [0.4, 0.5) is 4.79 Å². The van der Waals surface area contributed by atoms with E-state index in [2.05, 4.69) is 10.2 Å². The van der Waals surface area contributed by atoms with Gasteiger partial charge in [0.15, 0.2) is 6.54 Å². The van der Waals surface area contributed by atoms with Crippen molar-refractivity contribution in [2.24, 2.45) is 10.2 Å². The summed E-state index contributed by atoms with van der Waals surface area (Å²) in [6.07, 6.45) is 0.207. The zero-order chi connectivity index (χ0) is 13.5. The molecule has 19 heavy (non-hydrogen) atoms. The van der Waals surface area contributed by atoms with Crippen molar-refractivity contribution >= 4 is 24.3 Å². The molecule has 2 amide bonds. The molecule has 0 spiro atoms. The summed E-state index contributed by atoms with van der Waals surface area (Å²) in [4.78, 5) is 24.2. The Morgan fingerprint density at radius 1 is 1.37 bits per heavy atom. The van der Waals surface area contributed by atoms with Gasteiger partial charge in [0.05, 0.1) is 0 Å². The molecule has 1 aromatic carbocycles. The van der Waals surface area contributed by atoms with Crippen LogP contribution in [0.15, 0.2) is 40.5 Å². The molecule has 0 aromatic heterocycles. The fourth-order valence-corrected chi connectivity index (χ4v) is 2.30. The predicted molar refractivity (Wildman–Crippen MR) is 66.1 cm³/mol. The second-order valence-electron chi connectivity index (χ2n) is 4.41. The van der Waals surface area contributed by atoms with Crippen molar-refractivity contribution in [3.8, 4) is 0 Å². The Hall–Kier alpha value is -2.54. The van der Waals surface area contributed by atoms with Gasteiger partial charge in [0, 0.05) is 5.56 Å². The summed E-state index contributed by atoms with van der Waals surface area (Å²) in [6, 6.07) is 9.38. The number of guanidine groups is 1. The van der Waals surface area contributed by atoms with Gasteiger partial charge in [0.25, 0.3) is 0 Å². The largest absolute Gasteiger partial charge is 0.464 e. The minimum absolute atomic E-state index is 0.154. The molecule has 3 rings (SSSR count). The predicted octanol–water partition coefficient (Wildman–Crippen LogP) is 0.837. The normalized spacial score (nSPS) is 24.5. The molecule has 2 aliphatic heterocycles. The number of carbonyl (C=O) groups is 2. The van der Waals surface area contributed by atoms with Gasteiger partial charge in [-0.15, -0.1) is 4.48 Å². The molecule has 0 radical (unpaired) electrons. The Labute approximate surface area is 108 Å². The van der Waals surface area contributed by atoms with Gasteiger partial charge in [0.1, 0.15) is 6.54 Å². The molecular formula is C12H11N4O3+. The van der Waals surface area contributed by atoms with E-state index in [1.807, 2.05) is 30.3 Å². The Morgan fingerprint density at radius 3 is 2.79 bits per heavy atom. The molecule has 1 N–H and O–H groups in total. The van der Waals surface area contributed by atoms with Crippen LogP contribution in [0.3, 0.4) is 0 Å². The Balaban J connectivity index is 1.99. The lowest BCUT2D eigenvalue weighted by atomic mass is 10.2. The fourth-order valence-electron chi connectivity index (χ4n) is 2.30. The maximum absolute atomic E-state index is 12.2. The van der Waals surface area contributed by atoms with Crippen LogP contribution in [0.2, 0.25) is 0 Å². The molecule has 2 aliphatic rings. The zero-order valence-electron chi connectivity index (χ0n) is 9.93. The third-order valence-electron chi connectivity index (χ3n) is 3.24. The second-order valence-corrected chi connectivity index (χ2v) is 4.41. The van der Waals surface area contributed by atoms with Gasteiger partial charge in [-0.25, -0.2) is 9.59 Å². The molecule has 2 heterocycles. The van der Waals surface area contributed by atoms with Gasteiger partial charge in [-0.05, 0) is 0 Å². The van der Waals surface area contributed by atoms with E-state index in [1.54, 1.807) is 0 Å². The van der Waals surface area contributed by atoms with Gasteiger partial charge in [-0.2, -0.15) is 4.90 Å². The monoisotopic (exact) mass is 259 g/mol. The SMILES string of the molecule is O=C(O)N1CC(=O)[N+]2(Cc3ccccc3)C=NN=C12. The van der Waals surface area contributed by atoms with E-state index in [1.165, 1.54) is 6.34 Å². The summed E-state index contributed by atoms with van der Waals surface area (Å²) in [6.45, 7) is 0.138. The maximum atomic E-state index is 12.2. The molecule has 1 saturated heterocycles. The lowest BCUT2D eigenvalue weighted by Gasteiger charge is -2.21. The quantitative estimate of drug-likeness (QED) is 0.799. The lowest BCUT2D eigenvalue weighted by molar-refractivity contribution is -0.668. The molecule has 96 valence electrons. The van der Waals surface area contributed by atoms with Crippen LogP contribution < -0.4 is 0 Å². The van der Waals surface area contributed by atoms with E-state index in [4.69, 9.17) is 5.11 Å². The van der Waals surface area contributed by atoms with Crippen molar-refractivity contribution in [1.82, 2.24) is 4.90 Å². The number of hydrogen-bond acceptors (Lipinski definition) is 4. The van der Waals surface area contributed by atoms with E-state index < -0.39 is 6.09 Å². The number of carbonyl (C=O) groups excluding carboxylic acids is 1. The van der Waals surface area contributed by atoms with Crippen molar-refractivity contribution < 1.29 is 19.2 Å². The van der Waals surface area contributed by atoms with Crippen molar-refractivity contribution in [2.75, 3.05) is 6.54 Å². The molecule has 0 aliphatic carbocycles. The summed E-state index contributed by atoms with van der Waals surface area (Å²) in [7, 11) is 0. The van der Waals surface area contributed by atoms with Gasteiger partial charge in [-0.1, -0.05) is 40.5 Å². The first-order valence-corrected chi connectivity index (χ1v) is 5.72. The third kappa shape index (κ3) is 1.63. The molecule has 7 nitrogen and oxygen atoms in total. The van der Waals surface area contributed by atoms with Crippen LogP contribution >= 0.6 is 0 Å². The molecule has 1 aromatic rings. The highest BCUT2D eigenvalue weighted by Gasteiger charge is 2.57. The second kappa shape index (κ2) is 3.99. The Bertz CT molecular complexity index is 611. The van der Waals surface area contributed by atoms with Crippen molar-refractivity contribution in [1.29, 1.82) is 0 Å². The van der Waals surface area contributed by atoms with E-state index in [0.29, 0.717) is 6.54 Å². The first kappa shape index (κ1) is 11.5. The summed E-state index contributed by atoms with van der Waals surface area (Å²) < 4.78 is -0.254. The first-order valence-electron chi connectivity index (χ1n) is 5.72. The number of quaternary nitrogens is 1. The van der Waals surface area contributed by atoms with Crippen molar-refractivity contribution in [2.45, 2.75) is 6.54 Å².